The summed E-state index contributed by atoms with van der Waals surface area (Å²) in [6.45, 7) is 0. The Kier molecular flexibility index (Phi) is 5.81. The molecule has 0 fully saturated rings. The van der Waals surface area contributed by atoms with Crippen LogP contribution >= 0.6 is 11.3 Å². The molecule has 1 amide bonds. The van der Waals surface area contributed by atoms with E-state index in [0.29, 0.717) is 5.69 Å². The van der Waals surface area contributed by atoms with Gasteiger partial charge in [-0.15, -0.1) is 11.3 Å². The first-order chi connectivity index (χ1) is 14.6. The minimum Gasteiger partial charge on any atom is -0.339 e. The van der Waals surface area contributed by atoms with Crippen molar-refractivity contribution >= 4 is 23.3 Å². The van der Waals surface area contributed by atoms with Crippen LogP contribution in [0.25, 0.3) is 16.6 Å². The topological polar surface area (TPSA) is 59.8 Å². The van der Waals surface area contributed by atoms with Crippen LogP contribution in [-0.4, -0.2) is 20.4 Å². The van der Waals surface area contributed by atoms with Crippen LogP contribution in [0.4, 0.5) is 4.39 Å². The van der Waals surface area contributed by atoms with Crippen LogP contribution in [0.15, 0.2) is 78.4 Å². The number of halogens is 1. The van der Waals surface area contributed by atoms with E-state index in [1.54, 1.807) is 24.4 Å². The number of benzene rings is 2. The van der Waals surface area contributed by atoms with E-state index in [4.69, 9.17) is 0 Å². The molecule has 2 heterocycles. The van der Waals surface area contributed by atoms with Crippen LogP contribution in [0.5, 0.6) is 0 Å². The molecular weight excluding hydrogens is 399 g/mol. The van der Waals surface area contributed by atoms with Gasteiger partial charge in [-0.1, -0.05) is 30.3 Å². The number of imidazole rings is 1. The van der Waals surface area contributed by atoms with Gasteiger partial charge in [-0.2, -0.15) is 0 Å². The summed E-state index contributed by atoms with van der Waals surface area (Å²) in [6.07, 6.45) is 6.68. The minimum absolute atomic E-state index is 0.247. The highest BCUT2D eigenvalue weighted by atomic mass is 32.1. The molecule has 1 unspecified atom stereocenters. The third-order valence-corrected chi connectivity index (χ3v) is 5.46. The van der Waals surface area contributed by atoms with Gasteiger partial charge in [0.2, 0.25) is 5.91 Å². The second-order valence-corrected chi connectivity index (χ2v) is 7.52. The third-order valence-electron chi connectivity index (χ3n) is 4.55. The van der Waals surface area contributed by atoms with E-state index in [0.717, 1.165) is 22.0 Å². The zero-order valence-electron chi connectivity index (χ0n) is 16.2. The van der Waals surface area contributed by atoms with Gasteiger partial charge in [0.25, 0.3) is 0 Å². The molecule has 0 aliphatic carbocycles. The molecule has 0 spiro atoms. The minimum atomic E-state index is -0.367. The van der Waals surface area contributed by atoms with Crippen molar-refractivity contribution in [3.63, 3.8) is 0 Å². The van der Waals surface area contributed by atoms with E-state index in [2.05, 4.69) is 15.3 Å². The molecule has 0 aliphatic heterocycles. The van der Waals surface area contributed by atoms with Crippen molar-refractivity contribution in [2.75, 3.05) is 0 Å². The molecule has 4 aromatic rings. The van der Waals surface area contributed by atoms with E-state index in [9.17, 15) is 9.18 Å². The highest BCUT2D eigenvalue weighted by Crippen LogP contribution is 2.24. The van der Waals surface area contributed by atoms with Crippen molar-refractivity contribution in [2.24, 2.45) is 7.05 Å². The summed E-state index contributed by atoms with van der Waals surface area (Å²) in [6, 6.07) is 15.5. The van der Waals surface area contributed by atoms with Crippen LogP contribution in [-0.2, 0) is 11.8 Å². The number of aryl methyl sites for hydroxylation is 1. The van der Waals surface area contributed by atoms with Crippen LogP contribution < -0.4 is 5.32 Å². The van der Waals surface area contributed by atoms with Crippen molar-refractivity contribution < 1.29 is 9.18 Å². The highest BCUT2D eigenvalue weighted by Gasteiger charge is 2.19. The molecule has 7 heteroatoms. The van der Waals surface area contributed by atoms with Gasteiger partial charge >= 0.3 is 0 Å². The average molecular weight is 418 g/mol. The second-order valence-electron chi connectivity index (χ2n) is 6.67. The number of amides is 1. The zero-order valence-corrected chi connectivity index (χ0v) is 17.0. The van der Waals surface area contributed by atoms with Gasteiger partial charge in [-0.25, -0.2) is 14.4 Å². The van der Waals surface area contributed by atoms with Crippen LogP contribution in [0, 0.1) is 5.82 Å². The van der Waals surface area contributed by atoms with Gasteiger partial charge in [-0.05, 0) is 35.9 Å². The maximum atomic E-state index is 13.1. The number of hydrogen-bond donors (Lipinski definition) is 1. The fourth-order valence-electron chi connectivity index (χ4n) is 3.04. The lowest BCUT2D eigenvalue weighted by atomic mass is 10.1. The fraction of sp³-hybridized carbons (Fsp3) is 0.0870. The lowest BCUT2D eigenvalue weighted by molar-refractivity contribution is -0.117. The summed E-state index contributed by atoms with van der Waals surface area (Å²) in [4.78, 5) is 21.5. The number of carbonyl (C=O) groups is 1. The van der Waals surface area contributed by atoms with Crippen LogP contribution in [0.1, 0.15) is 23.1 Å². The Morgan fingerprint density at radius 1 is 1.17 bits per heavy atom. The number of rotatable bonds is 6. The Hall–Kier alpha value is -3.58. The first-order valence-electron chi connectivity index (χ1n) is 9.32. The quantitative estimate of drug-likeness (QED) is 0.466. The van der Waals surface area contributed by atoms with Crippen LogP contribution in [0.3, 0.4) is 0 Å². The molecule has 30 heavy (non-hydrogen) atoms. The maximum absolute atomic E-state index is 13.1. The number of carbonyl (C=O) groups excluding carboxylic acids is 1. The van der Waals surface area contributed by atoms with Gasteiger partial charge in [0.05, 0.1) is 5.69 Å². The van der Waals surface area contributed by atoms with E-state index in [1.165, 1.54) is 29.5 Å². The number of hydrogen-bond acceptors (Lipinski definition) is 4. The SMILES string of the molecule is Cn1ccnc1C(NC(=O)/C=C/c1csc(-c2ccc(F)cc2)n1)c1ccccc1. The molecule has 2 aromatic carbocycles. The Morgan fingerprint density at radius 2 is 1.93 bits per heavy atom. The number of nitrogens with one attached hydrogen (secondary N) is 1. The Labute approximate surface area is 177 Å². The summed E-state index contributed by atoms with van der Waals surface area (Å²) in [5, 5.41) is 5.64. The van der Waals surface area contributed by atoms with E-state index < -0.39 is 0 Å². The number of aromatic nitrogens is 3. The molecule has 150 valence electrons. The smallest absolute Gasteiger partial charge is 0.244 e. The Bertz CT molecular complexity index is 1170. The largest absolute Gasteiger partial charge is 0.339 e. The molecule has 1 atom stereocenters. The zero-order chi connectivity index (χ0) is 20.9. The van der Waals surface area contributed by atoms with Gasteiger partial charge < -0.3 is 9.88 Å². The van der Waals surface area contributed by atoms with Crippen molar-refractivity contribution in [3.8, 4) is 10.6 Å². The molecule has 0 aliphatic rings. The lowest BCUT2D eigenvalue weighted by Crippen LogP contribution is -2.29. The summed E-state index contributed by atoms with van der Waals surface area (Å²) in [5.41, 5.74) is 2.45. The molecule has 0 bridgehead atoms. The highest BCUT2D eigenvalue weighted by molar-refractivity contribution is 7.13. The van der Waals surface area contributed by atoms with E-state index in [1.807, 2.05) is 53.5 Å². The molecule has 0 saturated carbocycles. The maximum Gasteiger partial charge on any atom is 0.244 e. The first kappa shape index (κ1) is 19.7. The van der Waals surface area contributed by atoms with E-state index in [-0.39, 0.29) is 17.8 Å². The Balaban J connectivity index is 1.49. The summed E-state index contributed by atoms with van der Waals surface area (Å²) < 4.78 is 15.0. The number of thiazole rings is 1. The summed E-state index contributed by atoms with van der Waals surface area (Å²) >= 11 is 1.44. The Morgan fingerprint density at radius 3 is 2.63 bits per heavy atom. The predicted molar refractivity (Wildman–Crippen MR) is 116 cm³/mol. The third kappa shape index (κ3) is 4.52. The van der Waals surface area contributed by atoms with Crippen molar-refractivity contribution in [2.45, 2.75) is 6.04 Å². The molecule has 0 radical (unpaired) electrons. The molecular formula is C23H19FN4OS. The van der Waals surface area contributed by atoms with E-state index >= 15 is 0 Å². The lowest BCUT2D eigenvalue weighted by Gasteiger charge is -2.18. The first-order valence-corrected chi connectivity index (χ1v) is 10.2. The molecule has 2 aromatic heterocycles. The normalized spacial score (nSPS) is 12.2. The average Bonchev–Trinajstić information content (AvgIpc) is 3.41. The standard InChI is InChI=1S/C23H19FN4OS/c1-28-14-13-25-22(28)21(16-5-3-2-4-6-16)27-20(29)12-11-19-15-30-23(26-19)17-7-9-18(24)10-8-17/h2-15,21H,1H3,(H,27,29)/b12-11+. The van der Waals surface area contributed by atoms with Crippen molar-refractivity contribution in [1.82, 2.24) is 19.9 Å². The van der Waals surface area contributed by atoms with Crippen molar-refractivity contribution in [1.29, 1.82) is 0 Å². The van der Waals surface area contributed by atoms with Gasteiger partial charge in [0, 0.05) is 36.5 Å². The van der Waals surface area contributed by atoms with Gasteiger partial charge in [-0.3, -0.25) is 4.79 Å². The predicted octanol–water partition coefficient (Wildman–Crippen LogP) is 4.60. The number of nitrogens with zero attached hydrogens (tertiary/aromatic N) is 3. The molecule has 5 nitrogen and oxygen atoms in total. The molecule has 4 rings (SSSR count). The summed E-state index contributed by atoms with van der Waals surface area (Å²) in [7, 11) is 1.90. The van der Waals surface area contributed by atoms with Gasteiger partial charge in [0.15, 0.2) is 0 Å². The molecule has 1 N–H and O–H groups in total. The monoisotopic (exact) mass is 418 g/mol. The fourth-order valence-corrected chi connectivity index (χ4v) is 3.83. The van der Waals surface area contributed by atoms with Gasteiger partial charge in [0.1, 0.15) is 22.7 Å². The van der Waals surface area contributed by atoms with Crippen molar-refractivity contribution in [3.05, 3.63) is 101 Å². The summed E-state index contributed by atoms with van der Waals surface area (Å²) in [5.74, 6) is 0.214. The molecule has 0 saturated heterocycles. The second kappa shape index (κ2) is 8.84. The van der Waals surface area contributed by atoms with Crippen LogP contribution in [0.2, 0.25) is 0 Å².